The molecule has 2 aromatic carbocycles. The summed E-state index contributed by atoms with van der Waals surface area (Å²) in [7, 11) is 1.37. The summed E-state index contributed by atoms with van der Waals surface area (Å²) in [6.45, 7) is 4.05. The summed E-state index contributed by atoms with van der Waals surface area (Å²) >= 11 is 0. The number of aromatic nitrogens is 1. The molecule has 0 bridgehead atoms. The number of likely N-dealkylation sites (N-methyl/N-ethyl adjacent to an activating group) is 1. The van der Waals surface area contributed by atoms with Crippen LogP contribution in [0.2, 0.25) is 0 Å². The molecule has 1 fully saturated rings. The highest BCUT2D eigenvalue weighted by Gasteiger charge is 2.41. The monoisotopic (exact) mass is 597 g/mol. The molecule has 0 unspecified atom stereocenters. The van der Waals surface area contributed by atoms with E-state index < -0.39 is 52.6 Å². The standard InChI is InChI=1S/C30H30F7N3O2/c1-17-7-5-6-8-23(17)24-13-26(40-15-21(31)12-22(40)16-41)38-14-25(24)39(4)27(42)28(2,3)18-9-19(29(32,33)34)11-20(10-18)30(35,36)37/h5-11,13-14,21-22,41H,12,15-16H2,1-4H3/t21-,22-/m0/s1. The Labute approximate surface area is 238 Å². The number of pyridine rings is 1. The first kappa shape index (κ1) is 31.3. The summed E-state index contributed by atoms with van der Waals surface area (Å²) in [4.78, 5) is 21.1. The van der Waals surface area contributed by atoms with Crippen molar-refractivity contribution in [2.45, 2.75) is 57.2 Å². The highest BCUT2D eigenvalue weighted by Crippen LogP contribution is 2.41. The average molecular weight is 598 g/mol. The molecule has 4 rings (SSSR count). The minimum absolute atomic E-state index is 0.00364. The van der Waals surface area contributed by atoms with Crippen molar-refractivity contribution in [1.82, 2.24) is 4.98 Å². The highest BCUT2D eigenvalue weighted by molar-refractivity contribution is 6.03. The van der Waals surface area contributed by atoms with Gasteiger partial charge in [0.25, 0.3) is 0 Å². The maximum absolute atomic E-state index is 14.2. The van der Waals surface area contributed by atoms with Crippen LogP contribution in [0.4, 0.5) is 42.2 Å². The number of carbonyl (C=O) groups excluding carboxylic acids is 1. The maximum Gasteiger partial charge on any atom is 0.416 e. The summed E-state index contributed by atoms with van der Waals surface area (Å²) in [5, 5.41) is 9.77. The molecule has 0 spiro atoms. The normalized spacial score (nSPS) is 18.0. The molecular formula is C30H30F7N3O2. The topological polar surface area (TPSA) is 56.7 Å². The number of benzene rings is 2. The highest BCUT2D eigenvalue weighted by atomic mass is 19.4. The molecule has 1 saturated heterocycles. The summed E-state index contributed by atoms with van der Waals surface area (Å²) in [5.74, 6) is -0.429. The van der Waals surface area contributed by atoms with Crippen molar-refractivity contribution < 1.29 is 40.6 Å². The second-order valence-electron chi connectivity index (χ2n) is 11.0. The summed E-state index contributed by atoms with van der Waals surface area (Å²) in [6.07, 6.45) is -9.84. The van der Waals surface area contributed by atoms with E-state index in [1.54, 1.807) is 29.2 Å². The molecule has 0 radical (unpaired) electrons. The second-order valence-corrected chi connectivity index (χ2v) is 11.0. The molecule has 1 N–H and O–H groups in total. The predicted molar refractivity (Wildman–Crippen MR) is 145 cm³/mol. The SMILES string of the molecule is Cc1ccccc1-c1cc(N2C[C@@H](F)C[C@H]2CO)ncc1N(C)C(=O)C(C)(C)c1cc(C(F)(F)F)cc(C(F)(F)F)c1. The van der Waals surface area contributed by atoms with Gasteiger partial charge in [0.1, 0.15) is 12.0 Å². The first-order valence-electron chi connectivity index (χ1n) is 13.1. The fourth-order valence-electron chi connectivity index (χ4n) is 5.23. The van der Waals surface area contributed by atoms with Gasteiger partial charge in [0.2, 0.25) is 5.91 Å². The van der Waals surface area contributed by atoms with Crippen molar-refractivity contribution in [1.29, 1.82) is 0 Å². The quantitative estimate of drug-likeness (QED) is 0.313. The molecule has 1 aliphatic rings. The van der Waals surface area contributed by atoms with Gasteiger partial charge in [-0.05, 0) is 61.7 Å². The fraction of sp³-hybridized carbons (Fsp3) is 0.400. The average Bonchev–Trinajstić information content (AvgIpc) is 3.31. The lowest BCUT2D eigenvalue weighted by Crippen LogP contribution is -2.42. The Morgan fingerprint density at radius 3 is 2.10 bits per heavy atom. The van der Waals surface area contributed by atoms with Crippen LogP contribution in [0.5, 0.6) is 0 Å². The number of alkyl halides is 7. The molecule has 1 aromatic heterocycles. The van der Waals surface area contributed by atoms with Gasteiger partial charge in [-0.1, -0.05) is 24.3 Å². The van der Waals surface area contributed by atoms with E-state index in [0.29, 0.717) is 29.1 Å². The zero-order valence-corrected chi connectivity index (χ0v) is 23.3. The number of nitrogens with zero attached hydrogens (tertiary/aromatic N) is 3. The summed E-state index contributed by atoms with van der Waals surface area (Å²) in [5.41, 5.74) is -3.09. The number of carbonyl (C=O) groups is 1. The number of rotatable bonds is 6. The van der Waals surface area contributed by atoms with Gasteiger partial charge >= 0.3 is 12.4 Å². The van der Waals surface area contributed by atoms with E-state index in [9.17, 15) is 40.6 Å². The zero-order chi connectivity index (χ0) is 31.2. The number of hydrogen-bond acceptors (Lipinski definition) is 4. The third-order valence-corrected chi connectivity index (χ3v) is 7.68. The lowest BCUT2D eigenvalue weighted by atomic mass is 9.81. The van der Waals surface area contributed by atoms with Crippen molar-refractivity contribution in [3.05, 3.63) is 77.0 Å². The third kappa shape index (κ3) is 6.08. The molecular weight excluding hydrogens is 567 g/mol. The first-order valence-corrected chi connectivity index (χ1v) is 13.1. The second kappa shape index (κ2) is 11.2. The van der Waals surface area contributed by atoms with Crippen LogP contribution >= 0.6 is 0 Å². The van der Waals surface area contributed by atoms with E-state index in [1.807, 2.05) is 13.0 Å². The van der Waals surface area contributed by atoms with Crippen molar-refractivity contribution >= 4 is 17.4 Å². The first-order chi connectivity index (χ1) is 19.4. The number of hydrogen-bond donors (Lipinski definition) is 1. The van der Waals surface area contributed by atoms with Gasteiger partial charge in [0.15, 0.2) is 0 Å². The van der Waals surface area contributed by atoms with Gasteiger partial charge in [0, 0.05) is 19.0 Å². The Morgan fingerprint density at radius 2 is 1.55 bits per heavy atom. The molecule has 226 valence electrons. The largest absolute Gasteiger partial charge is 0.416 e. The van der Waals surface area contributed by atoms with Crippen molar-refractivity contribution in [3.63, 3.8) is 0 Å². The van der Waals surface area contributed by atoms with Crippen LogP contribution in [0.3, 0.4) is 0 Å². The van der Waals surface area contributed by atoms with Gasteiger partial charge < -0.3 is 14.9 Å². The number of aliphatic hydroxyl groups is 1. The number of amides is 1. The van der Waals surface area contributed by atoms with E-state index in [4.69, 9.17) is 0 Å². The van der Waals surface area contributed by atoms with Gasteiger partial charge in [-0.25, -0.2) is 9.37 Å². The van der Waals surface area contributed by atoms with E-state index in [-0.39, 0.29) is 31.3 Å². The van der Waals surface area contributed by atoms with Crippen molar-refractivity contribution in [2.24, 2.45) is 0 Å². The van der Waals surface area contributed by atoms with E-state index >= 15 is 0 Å². The summed E-state index contributed by atoms with van der Waals surface area (Å²) in [6, 6.07) is 9.45. The molecule has 42 heavy (non-hydrogen) atoms. The minimum atomic E-state index is -5.07. The molecule has 1 aliphatic heterocycles. The third-order valence-electron chi connectivity index (χ3n) is 7.68. The van der Waals surface area contributed by atoms with Crippen LogP contribution in [0.25, 0.3) is 11.1 Å². The molecule has 0 aliphatic carbocycles. The maximum atomic E-state index is 14.2. The molecule has 1 amide bonds. The number of aryl methyl sites for hydroxylation is 1. The van der Waals surface area contributed by atoms with E-state index in [2.05, 4.69) is 4.98 Å². The Kier molecular flexibility index (Phi) is 8.34. The van der Waals surface area contributed by atoms with Gasteiger partial charge in [-0.3, -0.25) is 4.79 Å². The Bertz CT molecular complexity index is 1440. The Morgan fingerprint density at radius 1 is 0.976 bits per heavy atom. The number of anilines is 2. The Hall–Kier alpha value is -3.67. The lowest BCUT2D eigenvalue weighted by Gasteiger charge is -2.32. The van der Waals surface area contributed by atoms with Crippen LogP contribution in [0.15, 0.2) is 54.7 Å². The Balaban J connectivity index is 1.82. The van der Waals surface area contributed by atoms with Gasteiger partial charge in [0.05, 0.1) is 47.6 Å². The zero-order valence-electron chi connectivity index (χ0n) is 23.3. The minimum Gasteiger partial charge on any atom is -0.394 e. The molecule has 3 aromatic rings. The van der Waals surface area contributed by atoms with Crippen LogP contribution in [0, 0.1) is 6.92 Å². The molecule has 2 atom stereocenters. The van der Waals surface area contributed by atoms with Gasteiger partial charge in [-0.2, -0.15) is 26.3 Å². The van der Waals surface area contributed by atoms with Crippen molar-refractivity contribution in [2.75, 3.05) is 30.0 Å². The van der Waals surface area contributed by atoms with E-state index in [0.717, 1.165) is 10.5 Å². The van der Waals surface area contributed by atoms with Crippen LogP contribution in [0.1, 0.15) is 42.5 Å². The van der Waals surface area contributed by atoms with Crippen LogP contribution in [-0.4, -0.2) is 48.4 Å². The molecule has 12 heteroatoms. The van der Waals surface area contributed by atoms with Gasteiger partial charge in [-0.15, -0.1) is 0 Å². The van der Waals surface area contributed by atoms with Crippen LogP contribution < -0.4 is 9.80 Å². The molecule has 5 nitrogen and oxygen atoms in total. The smallest absolute Gasteiger partial charge is 0.394 e. The number of halogens is 7. The van der Waals surface area contributed by atoms with Crippen molar-refractivity contribution in [3.8, 4) is 11.1 Å². The van der Waals surface area contributed by atoms with E-state index in [1.165, 1.54) is 27.1 Å². The van der Waals surface area contributed by atoms with Crippen LogP contribution in [-0.2, 0) is 22.6 Å². The summed E-state index contributed by atoms with van der Waals surface area (Å²) < 4.78 is 95.6. The molecule has 0 saturated carbocycles. The lowest BCUT2D eigenvalue weighted by molar-refractivity contribution is -0.143. The predicted octanol–water partition coefficient (Wildman–Crippen LogP) is 6.94. The number of aliphatic hydroxyl groups excluding tert-OH is 1. The fourth-order valence-corrected chi connectivity index (χ4v) is 5.23. The molecule has 2 heterocycles.